The molecule has 1 unspecified atom stereocenters. The number of hydrogen-bond acceptors (Lipinski definition) is 2. The molecule has 1 aliphatic heterocycles. The molecule has 98 valence electrons. The van der Waals surface area contributed by atoms with E-state index >= 15 is 0 Å². The van der Waals surface area contributed by atoms with Gasteiger partial charge in [-0.05, 0) is 49.8 Å². The second-order valence-corrected chi connectivity index (χ2v) is 5.92. The van der Waals surface area contributed by atoms with Crippen LogP contribution in [0.1, 0.15) is 43.7 Å². The summed E-state index contributed by atoms with van der Waals surface area (Å²) < 4.78 is 0. The molecular formula is C16H24N2. The van der Waals surface area contributed by atoms with Crippen molar-refractivity contribution in [2.45, 2.75) is 57.5 Å². The van der Waals surface area contributed by atoms with Crippen LogP contribution in [0.4, 0.5) is 5.69 Å². The zero-order chi connectivity index (χ0) is 12.4. The lowest BCUT2D eigenvalue weighted by Gasteiger charge is -2.19. The highest BCUT2D eigenvalue weighted by Gasteiger charge is 2.17. The summed E-state index contributed by atoms with van der Waals surface area (Å²) in [5, 5.41) is 7.20. The van der Waals surface area contributed by atoms with Gasteiger partial charge in [0, 0.05) is 24.3 Å². The first-order valence-electron chi connectivity index (χ1n) is 7.43. The van der Waals surface area contributed by atoms with E-state index in [1.807, 2.05) is 0 Å². The summed E-state index contributed by atoms with van der Waals surface area (Å²) in [7, 11) is 0. The van der Waals surface area contributed by atoms with Crippen molar-refractivity contribution in [1.29, 1.82) is 0 Å². The Hall–Kier alpha value is -1.02. The molecule has 1 aliphatic carbocycles. The van der Waals surface area contributed by atoms with Crippen molar-refractivity contribution < 1.29 is 0 Å². The van der Waals surface area contributed by atoms with Gasteiger partial charge in [-0.2, -0.15) is 0 Å². The van der Waals surface area contributed by atoms with Gasteiger partial charge in [0.1, 0.15) is 0 Å². The lowest BCUT2D eigenvalue weighted by atomic mass is 10.0. The molecule has 1 fully saturated rings. The molecule has 18 heavy (non-hydrogen) atoms. The zero-order valence-electron chi connectivity index (χ0n) is 11.3. The highest BCUT2D eigenvalue weighted by atomic mass is 14.9. The van der Waals surface area contributed by atoms with Gasteiger partial charge in [-0.25, -0.2) is 0 Å². The molecule has 0 aromatic heterocycles. The van der Waals surface area contributed by atoms with Crippen molar-refractivity contribution in [3.05, 3.63) is 29.3 Å². The summed E-state index contributed by atoms with van der Waals surface area (Å²) in [4.78, 5) is 0. The Labute approximate surface area is 110 Å². The van der Waals surface area contributed by atoms with Gasteiger partial charge in [-0.15, -0.1) is 0 Å². The van der Waals surface area contributed by atoms with E-state index in [0.29, 0.717) is 6.04 Å². The van der Waals surface area contributed by atoms with Crippen LogP contribution < -0.4 is 10.6 Å². The van der Waals surface area contributed by atoms with E-state index in [0.717, 1.165) is 19.0 Å². The summed E-state index contributed by atoms with van der Waals surface area (Å²) in [5.74, 6) is 0. The van der Waals surface area contributed by atoms with E-state index in [4.69, 9.17) is 0 Å². The number of hydrogen-bond donors (Lipinski definition) is 2. The van der Waals surface area contributed by atoms with Gasteiger partial charge < -0.3 is 10.6 Å². The normalized spacial score (nSPS) is 20.7. The van der Waals surface area contributed by atoms with Gasteiger partial charge in [-0.1, -0.05) is 25.0 Å². The van der Waals surface area contributed by atoms with Crippen LogP contribution in [0.3, 0.4) is 0 Å². The molecule has 1 aromatic rings. The minimum Gasteiger partial charge on any atom is -0.384 e. The van der Waals surface area contributed by atoms with Gasteiger partial charge in [-0.3, -0.25) is 0 Å². The Bertz CT molecular complexity index is 408. The van der Waals surface area contributed by atoms with E-state index < -0.39 is 0 Å². The largest absolute Gasteiger partial charge is 0.384 e. The smallest absolute Gasteiger partial charge is 0.0373 e. The van der Waals surface area contributed by atoms with Crippen LogP contribution in [-0.2, 0) is 12.8 Å². The molecule has 0 saturated heterocycles. The van der Waals surface area contributed by atoms with Gasteiger partial charge >= 0.3 is 0 Å². The minimum absolute atomic E-state index is 0.598. The number of fused-ring (bicyclic) bond motifs is 1. The van der Waals surface area contributed by atoms with Gasteiger partial charge in [0.2, 0.25) is 0 Å². The molecule has 0 amide bonds. The Balaban J connectivity index is 1.58. The summed E-state index contributed by atoms with van der Waals surface area (Å²) in [6, 6.07) is 8.29. The molecule has 2 N–H and O–H groups in total. The molecule has 3 rings (SSSR count). The Morgan fingerprint density at radius 3 is 3.00 bits per heavy atom. The van der Waals surface area contributed by atoms with E-state index in [-0.39, 0.29) is 0 Å². The predicted molar refractivity (Wildman–Crippen MR) is 77.2 cm³/mol. The monoisotopic (exact) mass is 244 g/mol. The van der Waals surface area contributed by atoms with Crippen molar-refractivity contribution in [2.24, 2.45) is 0 Å². The summed E-state index contributed by atoms with van der Waals surface area (Å²) in [6.45, 7) is 3.43. The fourth-order valence-electron chi connectivity index (χ4n) is 3.39. The zero-order valence-corrected chi connectivity index (χ0v) is 11.3. The van der Waals surface area contributed by atoms with E-state index in [1.165, 1.54) is 48.9 Å². The standard InChI is InChI=1S/C16H24N2/c1-12(18-15-4-2-3-5-15)10-13-6-7-16-14(11-13)8-9-17-16/h6-7,11-12,15,17-18H,2-5,8-10H2,1H3. The van der Waals surface area contributed by atoms with Gasteiger partial charge in [0.15, 0.2) is 0 Å². The average molecular weight is 244 g/mol. The molecule has 2 heteroatoms. The third kappa shape index (κ3) is 2.69. The number of anilines is 1. The van der Waals surface area contributed by atoms with Gasteiger partial charge in [0.05, 0.1) is 0 Å². The van der Waals surface area contributed by atoms with Crippen molar-refractivity contribution in [3.8, 4) is 0 Å². The number of nitrogens with one attached hydrogen (secondary N) is 2. The third-order valence-corrected chi connectivity index (χ3v) is 4.30. The van der Waals surface area contributed by atoms with E-state index in [9.17, 15) is 0 Å². The predicted octanol–water partition coefficient (Wildman–Crippen LogP) is 3.12. The molecule has 1 atom stereocenters. The second-order valence-electron chi connectivity index (χ2n) is 5.92. The maximum atomic E-state index is 3.78. The molecule has 0 spiro atoms. The summed E-state index contributed by atoms with van der Waals surface area (Å²) >= 11 is 0. The van der Waals surface area contributed by atoms with Crippen LogP contribution >= 0.6 is 0 Å². The topological polar surface area (TPSA) is 24.1 Å². The Morgan fingerprint density at radius 2 is 2.17 bits per heavy atom. The summed E-state index contributed by atoms with van der Waals surface area (Å²) in [5.41, 5.74) is 4.33. The minimum atomic E-state index is 0.598. The second kappa shape index (κ2) is 5.31. The molecular weight excluding hydrogens is 220 g/mol. The molecule has 1 saturated carbocycles. The maximum Gasteiger partial charge on any atom is 0.0373 e. The molecule has 2 aliphatic rings. The SMILES string of the molecule is CC(Cc1ccc2c(c1)CCN2)NC1CCCC1. The summed E-state index contributed by atoms with van der Waals surface area (Å²) in [6.07, 6.45) is 7.91. The lowest BCUT2D eigenvalue weighted by Crippen LogP contribution is -2.35. The van der Waals surface area contributed by atoms with Crippen LogP contribution in [-0.4, -0.2) is 18.6 Å². The Morgan fingerprint density at radius 1 is 1.33 bits per heavy atom. The van der Waals surface area contributed by atoms with Crippen LogP contribution in [0, 0.1) is 0 Å². The van der Waals surface area contributed by atoms with Crippen molar-refractivity contribution in [1.82, 2.24) is 5.32 Å². The van der Waals surface area contributed by atoms with Crippen LogP contribution in [0.2, 0.25) is 0 Å². The first-order valence-corrected chi connectivity index (χ1v) is 7.43. The van der Waals surface area contributed by atoms with Crippen LogP contribution in [0.25, 0.3) is 0 Å². The molecule has 1 aromatic carbocycles. The average Bonchev–Trinajstić information content (AvgIpc) is 2.98. The molecule has 0 bridgehead atoms. The number of rotatable bonds is 4. The first-order chi connectivity index (χ1) is 8.81. The third-order valence-electron chi connectivity index (χ3n) is 4.30. The van der Waals surface area contributed by atoms with E-state index in [1.54, 1.807) is 0 Å². The van der Waals surface area contributed by atoms with Crippen LogP contribution in [0.5, 0.6) is 0 Å². The Kier molecular flexibility index (Phi) is 3.55. The molecule has 1 heterocycles. The lowest BCUT2D eigenvalue weighted by molar-refractivity contribution is 0.448. The van der Waals surface area contributed by atoms with Crippen LogP contribution in [0.15, 0.2) is 18.2 Å². The molecule has 2 nitrogen and oxygen atoms in total. The van der Waals surface area contributed by atoms with Gasteiger partial charge in [0.25, 0.3) is 0 Å². The van der Waals surface area contributed by atoms with Crippen molar-refractivity contribution in [2.75, 3.05) is 11.9 Å². The maximum absolute atomic E-state index is 3.78. The quantitative estimate of drug-likeness (QED) is 0.850. The van der Waals surface area contributed by atoms with Crippen molar-refractivity contribution >= 4 is 5.69 Å². The highest BCUT2D eigenvalue weighted by molar-refractivity contribution is 5.56. The van der Waals surface area contributed by atoms with E-state index in [2.05, 4.69) is 35.8 Å². The fourth-order valence-corrected chi connectivity index (χ4v) is 3.39. The first kappa shape index (κ1) is 12.0. The van der Waals surface area contributed by atoms with Crippen molar-refractivity contribution in [3.63, 3.8) is 0 Å². The molecule has 0 radical (unpaired) electrons. The fraction of sp³-hybridized carbons (Fsp3) is 0.625. The number of benzene rings is 1. The highest BCUT2D eigenvalue weighted by Crippen LogP contribution is 2.24.